The molecule has 0 aromatic heterocycles. The lowest BCUT2D eigenvalue weighted by molar-refractivity contribution is 0.102. The quantitative estimate of drug-likeness (QED) is 0.897. The summed E-state index contributed by atoms with van der Waals surface area (Å²) in [5.41, 5.74) is 1.35. The summed E-state index contributed by atoms with van der Waals surface area (Å²) in [7, 11) is 6.52. The molecule has 3 nitrogen and oxygen atoms in total. The maximum atomic E-state index is 5.95. The summed E-state index contributed by atoms with van der Waals surface area (Å²) in [5, 5.41) is 4.28. The van der Waals surface area contributed by atoms with Crippen molar-refractivity contribution < 1.29 is 0 Å². The van der Waals surface area contributed by atoms with Crippen molar-refractivity contribution >= 4 is 11.6 Å². The number of halogens is 1. The summed E-state index contributed by atoms with van der Waals surface area (Å²) in [4.78, 5) is 4.92. The molecule has 1 N–H and O–H groups in total. The molecule has 1 saturated heterocycles. The average molecular weight is 296 g/mol. The Morgan fingerprint density at radius 1 is 1.25 bits per heavy atom. The van der Waals surface area contributed by atoms with E-state index in [4.69, 9.17) is 11.6 Å². The number of nitrogens with one attached hydrogen (secondary N) is 1. The Labute approximate surface area is 127 Å². The first kappa shape index (κ1) is 15.8. The molecule has 1 aliphatic rings. The molecule has 2 rings (SSSR count). The fourth-order valence-electron chi connectivity index (χ4n) is 2.89. The van der Waals surface area contributed by atoms with Gasteiger partial charge in [0.25, 0.3) is 0 Å². The molecule has 1 heterocycles. The highest BCUT2D eigenvalue weighted by Crippen LogP contribution is 2.16. The van der Waals surface area contributed by atoms with Gasteiger partial charge in [0.1, 0.15) is 0 Å². The topological polar surface area (TPSA) is 18.5 Å². The van der Waals surface area contributed by atoms with Gasteiger partial charge >= 0.3 is 0 Å². The van der Waals surface area contributed by atoms with E-state index in [1.54, 1.807) is 0 Å². The summed E-state index contributed by atoms with van der Waals surface area (Å²) < 4.78 is 0. The Morgan fingerprint density at radius 2 is 1.95 bits per heavy atom. The van der Waals surface area contributed by atoms with E-state index < -0.39 is 0 Å². The number of nitrogens with zero attached hydrogens (tertiary/aromatic N) is 2. The third-order valence-corrected chi connectivity index (χ3v) is 4.59. The average Bonchev–Trinajstić information content (AvgIpc) is 2.44. The van der Waals surface area contributed by atoms with Gasteiger partial charge in [0.15, 0.2) is 0 Å². The first-order valence-electron chi connectivity index (χ1n) is 7.39. The Kier molecular flexibility index (Phi) is 5.85. The standard InChI is InChI=1S/C16H26ClN3/c1-18-15(10-13-4-6-14(17)7-5-13)11-16-12-19(2)8-9-20(16)3/h4-7,15-16,18H,8-12H2,1-3H3. The van der Waals surface area contributed by atoms with E-state index in [-0.39, 0.29) is 0 Å². The highest BCUT2D eigenvalue weighted by atomic mass is 35.5. The Morgan fingerprint density at radius 3 is 2.60 bits per heavy atom. The molecule has 0 spiro atoms. The fraction of sp³-hybridized carbons (Fsp3) is 0.625. The van der Waals surface area contributed by atoms with Crippen LogP contribution in [0.2, 0.25) is 5.02 Å². The van der Waals surface area contributed by atoms with Crippen molar-refractivity contribution in [2.24, 2.45) is 0 Å². The van der Waals surface area contributed by atoms with Gasteiger partial charge in [-0.15, -0.1) is 0 Å². The molecule has 1 aromatic carbocycles. The molecular formula is C16H26ClN3. The molecular weight excluding hydrogens is 270 g/mol. The molecule has 0 saturated carbocycles. The van der Waals surface area contributed by atoms with Crippen LogP contribution in [0.5, 0.6) is 0 Å². The van der Waals surface area contributed by atoms with Crippen LogP contribution >= 0.6 is 11.6 Å². The molecule has 20 heavy (non-hydrogen) atoms. The molecule has 0 bridgehead atoms. The van der Waals surface area contributed by atoms with Crippen LogP contribution in [0.3, 0.4) is 0 Å². The van der Waals surface area contributed by atoms with Gasteiger partial charge in [0.2, 0.25) is 0 Å². The highest BCUT2D eigenvalue weighted by molar-refractivity contribution is 6.30. The number of rotatable bonds is 5. The van der Waals surface area contributed by atoms with E-state index in [1.165, 1.54) is 25.1 Å². The summed E-state index contributed by atoms with van der Waals surface area (Å²) in [6.45, 7) is 3.50. The first-order chi connectivity index (χ1) is 9.58. The zero-order valence-corrected chi connectivity index (χ0v) is 13.5. The largest absolute Gasteiger partial charge is 0.317 e. The second kappa shape index (κ2) is 7.41. The lowest BCUT2D eigenvalue weighted by Gasteiger charge is -2.39. The lowest BCUT2D eigenvalue weighted by atomic mass is 9.97. The Hall–Kier alpha value is -0.610. The summed E-state index contributed by atoms with van der Waals surface area (Å²) in [6, 6.07) is 9.36. The van der Waals surface area contributed by atoms with E-state index in [0.29, 0.717) is 12.1 Å². The lowest BCUT2D eigenvalue weighted by Crippen LogP contribution is -2.52. The first-order valence-corrected chi connectivity index (χ1v) is 7.76. The second-order valence-corrected chi connectivity index (χ2v) is 6.39. The number of hydrogen-bond donors (Lipinski definition) is 1. The van der Waals surface area contributed by atoms with Gasteiger partial charge in [0, 0.05) is 36.7 Å². The Bertz CT molecular complexity index is 407. The maximum absolute atomic E-state index is 5.95. The van der Waals surface area contributed by atoms with Crippen molar-refractivity contribution in [2.75, 3.05) is 40.8 Å². The molecule has 4 heteroatoms. The van der Waals surface area contributed by atoms with Crippen LogP contribution in [-0.2, 0) is 6.42 Å². The smallest absolute Gasteiger partial charge is 0.0406 e. The third-order valence-electron chi connectivity index (χ3n) is 4.34. The van der Waals surface area contributed by atoms with Crippen molar-refractivity contribution in [3.05, 3.63) is 34.9 Å². The molecule has 0 radical (unpaired) electrons. The van der Waals surface area contributed by atoms with E-state index in [1.807, 2.05) is 12.1 Å². The molecule has 1 aliphatic heterocycles. The minimum absolute atomic E-state index is 0.509. The van der Waals surface area contributed by atoms with Gasteiger partial charge < -0.3 is 15.1 Å². The minimum Gasteiger partial charge on any atom is -0.317 e. The molecule has 1 fully saturated rings. The molecule has 0 amide bonds. The van der Waals surface area contributed by atoms with Crippen molar-refractivity contribution in [3.8, 4) is 0 Å². The Balaban J connectivity index is 1.92. The number of likely N-dealkylation sites (N-methyl/N-ethyl adjacent to an activating group) is 3. The van der Waals surface area contributed by atoms with Crippen molar-refractivity contribution in [3.63, 3.8) is 0 Å². The van der Waals surface area contributed by atoms with E-state index in [2.05, 4.69) is 48.4 Å². The third kappa shape index (κ3) is 4.45. The zero-order valence-electron chi connectivity index (χ0n) is 12.8. The van der Waals surface area contributed by atoms with Crippen molar-refractivity contribution in [1.29, 1.82) is 0 Å². The molecule has 0 aliphatic carbocycles. The van der Waals surface area contributed by atoms with Crippen LogP contribution < -0.4 is 5.32 Å². The molecule has 1 aromatic rings. The summed E-state index contributed by atoms with van der Waals surface area (Å²) >= 11 is 5.95. The zero-order chi connectivity index (χ0) is 14.5. The van der Waals surface area contributed by atoms with Gasteiger partial charge in [-0.2, -0.15) is 0 Å². The van der Waals surface area contributed by atoms with Crippen LogP contribution in [-0.4, -0.2) is 62.7 Å². The van der Waals surface area contributed by atoms with Gasteiger partial charge in [-0.25, -0.2) is 0 Å². The van der Waals surface area contributed by atoms with Gasteiger partial charge in [0.05, 0.1) is 0 Å². The fourth-order valence-corrected chi connectivity index (χ4v) is 3.02. The second-order valence-electron chi connectivity index (χ2n) is 5.95. The van der Waals surface area contributed by atoms with Gasteiger partial charge in [-0.3, -0.25) is 0 Å². The maximum Gasteiger partial charge on any atom is 0.0406 e. The van der Waals surface area contributed by atoms with Crippen LogP contribution in [0, 0.1) is 0 Å². The molecule has 112 valence electrons. The number of piperazine rings is 1. The van der Waals surface area contributed by atoms with Crippen molar-refractivity contribution in [2.45, 2.75) is 24.9 Å². The van der Waals surface area contributed by atoms with Crippen LogP contribution in [0.25, 0.3) is 0 Å². The molecule has 2 atom stereocenters. The van der Waals surface area contributed by atoms with Crippen LogP contribution in [0.4, 0.5) is 0 Å². The number of benzene rings is 1. The van der Waals surface area contributed by atoms with E-state index >= 15 is 0 Å². The SMILES string of the molecule is CNC(Cc1ccc(Cl)cc1)CC1CN(C)CCN1C. The normalized spacial score (nSPS) is 22.9. The van der Waals surface area contributed by atoms with Gasteiger partial charge in [-0.05, 0) is 51.7 Å². The summed E-state index contributed by atoms with van der Waals surface area (Å²) in [6.07, 6.45) is 2.24. The predicted molar refractivity (Wildman–Crippen MR) is 86.5 cm³/mol. The molecule has 2 unspecified atom stereocenters. The van der Waals surface area contributed by atoms with E-state index in [0.717, 1.165) is 18.0 Å². The minimum atomic E-state index is 0.509. The summed E-state index contributed by atoms with van der Waals surface area (Å²) in [5.74, 6) is 0. The van der Waals surface area contributed by atoms with Crippen molar-refractivity contribution in [1.82, 2.24) is 15.1 Å². The van der Waals surface area contributed by atoms with E-state index in [9.17, 15) is 0 Å². The number of hydrogen-bond acceptors (Lipinski definition) is 3. The van der Waals surface area contributed by atoms with Crippen LogP contribution in [0.1, 0.15) is 12.0 Å². The monoisotopic (exact) mass is 295 g/mol. The van der Waals surface area contributed by atoms with Crippen LogP contribution in [0.15, 0.2) is 24.3 Å². The van der Waals surface area contributed by atoms with Gasteiger partial charge in [-0.1, -0.05) is 23.7 Å². The highest BCUT2D eigenvalue weighted by Gasteiger charge is 2.24. The predicted octanol–water partition coefficient (Wildman–Crippen LogP) is 2.11.